The molecule has 1 aromatic rings. The number of carbonyl (C=O) groups is 1. The third kappa shape index (κ3) is 2.14. The van der Waals surface area contributed by atoms with E-state index in [1.54, 1.807) is 11.1 Å². The maximum Gasteiger partial charge on any atom is 0.328 e. The van der Waals surface area contributed by atoms with Gasteiger partial charge in [0.1, 0.15) is 5.82 Å². The molecule has 2 heterocycles. The molecule has 1 unspecified atom stereocenters. The molecule has 0 spiro atoms. The lowest BCUT2D eigenvalue weighted by atomic mass is 10.2. The fraction of sp³-hybridized carbons (Fsp3) is 0.455. The number of carboxylic acid groups (broad SMARTS) is 1. The number of nitrogens with zero attached hydrogens (tertiary/aromatic N) is 2. The highest BCUT2D eigenvalue weighted by Crippen LogP contribution is 2.17. The molecule has 1 saturated heterocycles. The molecule has 0 saturated carbocycles. The molecule has 1 N–H and O–H groups in total. The molecule has 1 aromatic heterocycles. The van der Waals surface area contributed by atoms with Crippen molar-refractivity contribution < 1.29 is 14.6 Å². The Bertz CT molecular complexity index is 377. The van der Waals surface area contributed by atoms with E-state index < -0.39 is 12.0 Å². The zero-order valence-corrected chi connectivity index (χ0v) is 9.09. The molecule has 1 aliphatic heterocycles. The van der Waals surface area contributed by atoms with Gasteiger partial charge in [-0.2, -0.15) is 0 Å². The Hall–Kier alpha value is -1.62. The molecule has 0 bridgehead atoms. The van der Waals surface area contributed by atoms with E-state index in [1.807, 2.05) is 19.1 Å². The van der Waals surface area contributed by atoms with E-state index in [9.17, 15) is 4.79 Å². The summed E-state index contributed by atoms with van der Waals surface area (Å²) in [7, 11) is 0. The minimum absolute atomic E-state index is 0.213. The Balaban J connectivity index is 2.23. The molecule has 16 heavy (non-hydrogen) atoms. The number of anilines is 1. The topological polar surface area (TPSA) is 62.7 Å². The van der Waals surface area contributed by atoms with Gasteiger partial charge in [0.2, 0.25) is 0 Å². The van der Waals surface area contributed by atoms with Gasteiger partial charge in [-0.1, -0.05) is 6.07 Å². The van der Waals surface area contributed by atoms with Crippen LogP contribution in [0.1, 0.15) is 5.56 Å². The Morgan fingerprint density at radius 1 is 1.62 bits per heavy atom. The molecule has 1 atom stereocenters. The Kier molecular flexibility index (Phi) is 3.05. The van der Waals surface area contributed by atoms with Crippen molar-refractivity contribution >= 4 is 11.8 Å². The standard InChI is InChI=1S/C11H14N2O3/c1-8-2-3-10(12-6-8)13-4-5-16-7-9(13)11(14)15/h2-3,6,9H,4-5,7H2,1H3,(H,14,15). The Labute approximate surface area is 93.7 Å². The van der Waals surface area contributed by atoms with Crippen molar-refractivity contribution in [3.05, 3.63) is 23.9 Å². The van der Waals surface area contributed by atoms with E-state index in [0.717, 1.165) is 5.56 Å². The largest absolute Gasteiger partial charge is 0.480 e. The average Bonchev–Trinajstić information content (AvgIpc) is 2.30. The molecule has 0 amide bonds. The van der Waals surface area contributed by atoms with Gasteiger partial charge < -0.3 is 14.7 Å². The summed E-state index contributed by atoms with van der Waals surface area (Å²) in [4.78, 5) is 17.1. The first-order valence-corrected chi connectivity index (χ1v) is 5.18. The van der Waals surface area contributed by atoms with Gasteiger partial charge in [0, 0.05) is 12.7 Å². The average molecular weight is 222 g/mol. The number of aryl methyl sites for hydroxylation is 1. The maximum atomic E-state index is 11.1. The SMILES string of the molecule is Cc1ccc(N2CCOCC2C(=O)O)nc1. The van der Waals surface area contributed by atoms with Crippen molar-refractivity contribution in [3.63, 3.8) is 0 Å². The second-order valence-electron chi connectivity index (χ2n) is 3.82. The number of hydrogen-bond donors (Lipinski definition) is 1. The second kappa shape index (κ2) is 4.49. The van der Waals surface area contributed by atoms with Crippen molar-refractivity contribution in [2.75, 3.05) is 24.7 Å². The highest BCUT2D eigenvalue weighted by Gasteiger charge is 2.29. The zero-order chi connectivity index (χ0) is 11.5. The van der Waals surface area contributed by atoms with Gasteiger partial charge in [0.15, 0.2) is 6.04 Å². The Morgan fingerprint density at radius 3 is 3.06 bits per heavy atom. The summed E-state index contributed by atoms with van der Waals surface area (Å²) in [6, 6.07) is 3.14. The van der Waals surface area contributed by atoms with Gasteiger partial charge >= 0.3 is 5.97 Å². The first-order chi connectivity index (χ1) is 7.68. The van der Waals surface area contributed by atoms with E-state index in [4.69, 9.17) is 9.84 Å². The number of aromatic nitrogens is 1. The molecule has 2 rings (SSSR count). The molecule has 1 aliphatic rings. The lowest BCUT2D eigenvalue weighted by molar-refractivity contribution is -0.141. The van der Waals surface area contributed by atoms with Crippen LogP contribution in [0.15, 0.2) is 18.3 Å². The minimum Gasteiger partial charge on any atom is -0.480 e. The molecule has 0 aliphatic carbocycles. The number of rotatable bonds is 2. The lowest BCUT2D eigenvalue weighted by Gasteiger charge is -2.33. The van der Waals surface area contributed by atoms with Crippen molar-refractivity contribution in [2.24, 2.45) is 0 Å². The van der Waals surface area contributed by atoms with E-state index in [2.05, 4.69) is 4.98 Å². The molecule has 86 valence electrons. The molecule has 1 fully saturated rings. The molecule has 5 heteroatoms. The van der Waals surface area contributed by atoms with Crippen molar-refractivity contribution in [1.82, 2.24) is 4.98 Å². The van der Waals surface area contributed by atoms with Gasteiger partial charge in [-0.25, -0.2) is 9.78 Å². The van der Waals surface area contributed by atoms with Crippen LogP contribution in [-0.2, 0) is 9.53 Å². The monoisotopic (exact) mass is 222 g/mol. The van der Waals surface area contributed by atoms with Gasteiger partial charge in [-0.15, -0.1) is 0 Å². The van der Waals surface area contributed by atoms with Crippen LogP contribution in [0.2, 0.25) is 0 Å². The fourth-order valence-electron chi connectivity index (χ4n) is 1.71. The van der Waals surface area contributed by atoms with Crippen LogP contribution in [0.5, 0.6) is 0 Å². The highest BCUT2D eigenvalue weighted by molar-refractivity contribution is 5.78. The fourth-order valence-corrected chi connectivity index (χ4v) is 1.71. The molecular formula is C11H14N2O3. The summed E-state index contributed by atoms with van der Waals surface area (Å²) < 4.78 is 5.17. The second-order valence-corrected chi connectivity index (χ2v) is 3.82. The van der Waals surface area contributed by atoms with Crippen LogP contribution < -0.4 is 4.90 Å². The van der Waals surface area contributed by atoms with E-state index in [-0.39, 0.29) is 6.61 Å². The molecular weight excluding hydrogens is 208 g/mol. The Morgan fingerprint density at radius 2 is 2.44 bits per heavy atom. The predicted molar refractivity (Wildman–Crippen MR) is 58.6 cm³/mol. The summed E-state index contributed by atoms with van der Waals surface area (Å²) in [5, 5.41) is 9.08. The smallest absolute Gasteiger partial charge is 0.328 e. The van der Waals surface area contributed by atoms with Crippen molar-refractivity contribution in [3.8, 4) is 0 Å². The number of hydrogen-bond acceptors (Lipinski definition) is 4. The molecule has 5 nitrogen and oxygen atoms in total. The summed E-state index contributed by atoms with van der Waals surface area (Å²) in [5.74, 6) is -0.177. The van der Waals surface area contributed by atoms with E-state index >= 15 is 0 Å². The number of aliphatic carboxylic acids is 1. The van der Waals surface area contributed by atoms with Crippen molar-refractivity contribution in [1.29, 1.82) is 0 Å². The lowest BCUT2D eigenvalue weighted by Crippen LogP contribution is -2.50. The third-order valence-corrected chi connectivity index (χ3v) is 2.60. The summed E-state index contributed by atoms with van der Waals surface area (Å²) >= 11 is 0. The number of carboxylic acids is 1. The number of pyridine rings is 1. The first-order valence-electron chi connectivity index (χ1n) is 5.18. The van der Waals surface area contributed by atoms with Gasteiger partial charge in [0.05, 0.1) is 13.2 Å². The summed E-state index contributed by atoms with van der Waals surface area (Å²) in [5.41, 5.74) is 1.06. The van der Waals surface area contributed by atoms with Crippen LogP contribution in [0.3, 0.4) is 0 Å². The molecule has 0 radical (unpaired) electrons. The van der Waals surface area contributed by atoms with Crippen LogP contribution >= 0.6 is 0 Å². The quantitative estimate of drug-likeness (QED) is 0.797. The van der Waals surface area contributed by atoms with E-state index in [1.165, 1.54) is 0 Å². The zero-order valence-electron chi connectivity index (χ0n) is 9.09. The van der Waals surface area contributed by atoms with Gasteiger partial charge in [0.25, 0.3) is 0 Å². The highest BCUT2D eigenvalue weighted by atomic mass is 16.5. The van der Waals surface area contributed by atoms with E-state index in [0.29, 0.717) is 19.0 Å². The normalized spacial score (nSPS) is 20.8. The van der Waals surface area contributed by atoms with Crippen LogP contribution in [0.4, 0.5) is 5.82 Å². The minimum atomic E-state index is -0.873. The predicted octanol–water partition coefficient (Wildman–Crippen LogP) is 0.680. The van der Waals surface area contributed by atoms with Crippen LogP contribution in [0.25, 0.3) is 0 Å². The first kappa shape index (κ1) is 10.9. The summed E-state index contributed by atoms with van der Waals surface area (Å²) in [6.07, 6.45) is 1.74. The molecule has 0 aromatic carbocycles. The van der Waals surface area contributed by atoms with Crippen molar-refractivity contribution in [2.45, 2.75) is 13.0 Å². The van der Waals surface area contributed by atoms with Gasteiger partial charge in [-0.3, -0.25) is 0 Å². The number of morpholine rings is 1. The van der Waals surface area contributed by atoms with Crippen LogP contribution in [0, 0.1) is 6.92 Å². The summed E-state index contributed by atoms with van der Waals surface area (Å²) in [6.45, 7) is 3.27. The third-order valence-electron chi connectivity index (χ3n) is 2.60. The van der Waals surface area contributed by atoms with Crippen LogP contribution in [-0.4, -0.2) is 41.9 Å². The maximum absolute atomic E-state index is 11.1. The van der Waals surface area contributed by atoms with Gasteiger partial charge in [-0.05, 0) is 18.6 Å². The number of ether oxygens (including phenoxy) is 1.